The van der Waals surface area contributed by atoms with E-state index >= 15 is 0 Å². The van der Waals surface area contributed by atoms with Gasteiger partial charge in [-0.1, -0.05) is 54.6 Å². The largest absolute Gasteiger partial charge is 0.378 e. The Morgan fingerprint density at radius 1 is 0.914 bits per heavy atom. The van der Waals surface area contributed by atoms with Gasteiger partial charge in [0.15, 0.2) is 0 Å². The summed E-state index contributed by atoms with van der Waals surface area (Å²) in [6.45, 7) is 6.51. The molecule has 2 aromatic carbocycles. The van der Waals surface area contributed by atoms with E-state index in [-0.39, 0.29) is 5.91 Å². The number of benzene rings is 2. The van der Waals surface area contributed by atoms with Gasteiger partial charge in [-0.2, -0.15) is 0 Å². The van der Waals surface area contributed by atoms with Gasteiger partial charge in [-0.05, 0) is 11.6 Å². The maximum absolute atomic E-state index is 12.9. The molecule has 9 heteroatoms. The summed E-state index contributed by atoms with van der Waals surface area (Å²) < 4.78 is 18.5. The normalized spacial score (nSPS) is 12.5. The van der Waals surface area contributed by atoms with Crippen molar-refractivity contribution in [1.29, 1.82) is 0 Å². The highest BCUT2D eigenvalue weighted by atomic mass is 16.5. The summed E-state index contributed by atoms with van der Waals surface area (Å²) in [5.41, 5.74) is 10.9. The lowest BCUT2D eigenvalue weighted by atomic mass is 9.95. The maximum atomic E-state index is 12.9. The highest BCUT2D eigenvalue weighted by Gasteiger charge is 2.28. The number of fused-ring (bicyclic) bond motifs is 5. The van der Waals surface area contributed by atoms with Gasteiger partial charge in [0.25, 0.3) is 0 Å². The van der Waals surface area contributed by atoms with Crippen LogP contribution in [0.15, 0.2) is 48.5 Å². The van der Waals surface area contributed by atoms with Crippen molar-refractivity contribution in [1.82, 2.24) is 15.0 Å². The van der Waals surface area contributed by atoms with E-state index in [1.807, 2.05) is 52.9 Å². The van der Waals surface area contributed by atoms with Crippen molar-refractivity contribution in [3.8, 4) is 22.5 Å². The quantitative estimate of drug-likeness (QED) is 0.398. The van der Waals surface area contributed by atoms with Gasteiger partial charge in [-0.3, -0.25) is 4.79 Å². The summed E-state index contributed by atoms with van der Waals surface area (Å²) in [6.07, 6.45) is 0.428. The van der Waals surface area contributed by atoms with Crippen LogP contribution in [0.4, 0.5) is 5.69 Å². The zero-order chi connectivity index (χ0) is 24.5. The number of hydrogen-bond acceptors (Lipinski definition) is 7. The van der Waals surface area contributed by atoms with Crippen LogP contribution in [-0.2, 0) is 32.1 Å². The predicted octanol–water partition coefficient (Wildman–Crippen LogP) is 2.88. The van der Waals surface area contributed by atoms with E-state index in [0.717, 1.165) is 33.8 Å². The Hall–Kier alpha value is -3.11. The van der Waals surface area contributed by atoms with Gasteiger partial charge in [0.1, 0.15) is 5.69 Å². The molecule has 0 radical (unpaired) electrons. The molecule has 9 nitrogen and oxygen atoms in total. The van der Waals surface area contributed by atoms with Gasteiger partial charge in [0.2, 0.25) is 5.91 Å². The minimum absolute atomic E-state index is 0.0738. The van der Waals surface area contributed by atoms with Crippen molar-refractivity contribution in [2.24, 2.45) is 5.73 Å². The average Bonchev–Trinajstić information content (AvgIpc) is 3.30. The molecule has 186 valence electrons. The van der Waals surface area contributed by atoms with Crippen LogP contribution in [0.2, 0.25) is 0 Å². The van der Waals surface area contributed by atoms with E-state index in [4.69, 9.17) is 19.9 Å². The molecule has 1 aliphatic rings. The molecule has 3 aromatic rings. The van der Waals surface area contributed by atoms with Gasteiger partial charge < -0.3 is 24.8 Å². The maximum Gasteiger partial charge on any atom is 0.227 e. The van der Waals surface area contributed by atoms with Gasteiger partial charge >= 0.3 is 0 Å². The Kier molecular flexibility index (Phi) is 8.96. The topological polar surface area (TPSA) is 105 Å². The number of carbonyl (C=O) groups excluding carboxylic acids is 1. The van der Waals surface area contributed by atoms with Crippen LogP contribution in [0.1, 0.15) is 18.9 Å². The average molecular weight is 480 g/mol. The van der Waals surface area contributed by atoms with Crippen molar-refractivity contribution in [3.63, 3.8) is 0 Å². The van der Waals surface area contributed by atoms with E-state index in [1.54, 1.807) is 0 Å². The molecule has 0 bridgehead atoms. The molecule has 1 aromatic heterocycles. The first-order valence-corrected chi connectivity index (χ1v) is 12.1. The molecular formula is C26H33N5O4. The Balaban J connectivity index is 1.50. The molecule has 0 fully saturated rings. The van der Waals surface area contributed by atoms with Gasteiger partial charge in [0.05, 0.1) is 64.1 Å². The number of para-hydroxylation sites is 1. The Labute approximate surface area is 205 Å². The number of amides is 1. The number of rotatable bonds is 12. The fourth-order valence-electron chi connectivity index (χ4n) is 4.16. The van der Waals surface area contributed by atoms with Crippen molar-refractivity contribution in [3.05, 3.63) is 54.1 Å². The third-order valence-corrected chi connectivity index (χ3v) is 5.84. The van der Waals surface area contributed by atoms with E-state index < -0.39 is 0 Å². The van der Waals surface area contributed by atoms with E-state index in [9.17, 15) is 4.79 Å². The van der Waals surface area contributed by atoms with Crippen LogP contribution in [0.25, 0.3) is 22.5 Å². The van der Waals surface area contributed by atoms with Crippen molar-refractivity contribution >= 4 is 11.6 Å². The smallest absolute Gasteiger partial charge is 0.227 e. The van der Waals surface area contributed by atoms with Crippen molar-refractivity contribution < 1.29 is 19.0 Å². The minimum Gasteiger partial charge on any atom is -0.378 e. The predicted molar refractivity (Wildman–Crippen MR) is 134 cm³/mol. The molecule has 2 N–H and O–H groups in total. The van der Waals surface area contributed by atoms with Crippen LogP contribution in [0.3, 0.4) is 0 Å². The van der Waals surface area contributed by atoms with Crippen LogP contribution >= 0.6 is 0 Å². The molecule has 1 aliphatic heterocycles. The summed E-state index contributed by atoms with van der Waals surface area (Å²) in [7, 11) is 0. The second-order valence-electron chi connectivity index (χ2n) is 8.14. The van der Waals surface area contributed by atoms with Gasteiger partial charge in [-0.25, -0.2) is 4.68 Å². The molecule has 0 spiro atoms. The van der Waals surface area contributed by atoms with Crippen LogP contribution in [0, 0.1) is 0 Å². The highest BCUT2D eigenvalue weighted by molar-refractivity contribution is 6.00. The summed E-state index contributed by atoms with van der Waals surface area (Å²) in [6, 6.07) is 16.0. The van der Waals surface area contributed by atoms with Gasteiger partial charge in [0, 0.05) is 24.1 Å². The van der Waals surface area contributed by atoms with Crippen LogP contribution in [-0.4, -0.2) is 67.1 Å². The molecule has 0 saturated heterocycles. The van der Waals surface area contributed by atoms with Gasteiger partial charge in [-0.15, -0.1) is 5.10 Å². The second kappa shape index (κ2) is 12.6. The lowest BCUT2D eigenvalue weighted by Crippen LogP contribution is -2.31. The number of nitrogens with zero attached hydrogens (tertiary/aromatic N) is 4. The first kappa shape index (κ1) is 25.0. The molecule has 0 atom stereocenters. The SMILES string of the molecule is CCC(=O)N1Cc2ccccc2-c2c(nnn2CCOCCOCCOCCN)-c2ccccc21. The summed E-state index contributed by atoms with van der Waals surface area (Å²) in [5, 5.41) is 9.02. The number of aromatic nitrogens is 3. The zero-order valence-electron chi connectivity index (χ0n) is 20.2. The monoisotopic (exact) mass is 479 g/mol. The Morgan fingerprint density at radius 3 is 2.31 bits per heavy atom. The van der Waals surface area contributed by atoms with Crippen molar-refractivity contribution in [2.75, 3.05) is 51.1 Å². The standard InChI is InChI=1S/C26H33N5O4/c1-2-24(32)30-19-20-7-3-4-8-21(20)26-25(22-9-5-6-10-23(22)30)28-29-31(26)12-14-34-16-18-35-17-15-33-13-11-27/h3-10H,2,11-19,27H2,1H3. The number of nitrogens with two attached hydrogens (primary N) is 1. The Bertz CT molecular complexity index is 1120. The summed E-state index contributed by atoms with van der Waals surface area (Å²) in [5.74, 6) is 0.0738. The Morgan fingerprint density at radius 2 is 1.57 bits per heavy atom. The highest BCUT2D eigenvalue weighted by Crippen LogP contribution is 2.40. The minimum atomic E-state index is 0.0738. The van der Waals surface area contributed by atoms with Crippen molar-refractivity contribution in [2.45, 2.75) is 26.4 Å². The van der Waals surface area contributed by atoms with E-state index in [2.05, 4.69) is 22.4 Å². The number of carbonyl (C=O) groups is 1. The molecule has 1 amide bonds. The number of anilines is 1. The molecule has 0 unspecified atom stereocenters. The third kappa shape index (κ3) is 5.94. The first-order valence-electron chi connectivity index (χ1n) is 12.1. The summed E-state index contributed by atoms with van der Waals surface area (Å²) >= 11 is 0. The number of hydrogen-bond donors (Lipinski definition) is 1. The lowest BCUT2D eigenvalue weighted by molar-refractivity contribution is -0.118. The molecule has 0 aliphatic carbocycles. The van der Waals surface area contributed by atoms with Crippen LogP contribution in [0.5, 0.6) is 0 Å². The fourth-order valence-corrected chi connectivity index (χ4v) is 4.16. The molecule has 35 heavy (non-hydrogen) atoms. The number of ether oxygens (including phenoxy) is 3. The zero-order valence-corrected chi connectivity index (χ0v) is 20.2. The van der Waals surface area contributed by atoms with E-state index in [0.29, 0.717) is 65.7 Å². The fraction of sp³-hybridized carbons (Fsp3) is 0.423. The molecule has 2 heterocycles. The molecule has 4 rings (SSSR count). The second-order valence-corrected chi connectivity index (χ2v) is 8.14. The lowest BCUT2D eigenvalue weighted by Gasteiger charge is -2.28. The first-order chi connectivity index (χ1) is 17.2. The van der Waals surface area contributed by atoms with Crippen LogP contribution < -0.4 is 10.6 Å². The summed E-state index contributed by atoms with van der Waals surface area (Å²) in [4.78, 5) is 14.7. The molecule has 0 saturated carbocycles. The molecular weight excluding hydrogens is 446 g/mol. The third-order valence-electron chi connectivity index (χ3n) is 5.84. The van der Waals surface area contributed by atoms with E-state index in [1.165, 1.54) is 0 Å².